The molecule has 112 valence electrons. The smallest absolute Gasteiger partial charge is 0.0681 e. The molecular weight excluding hydrogens is 293 g/mol. The summed E-state index contributed by atoms with van der Waals surface area (Å²) in [6, 6.07) is 5.90. The van der Waals surface area contributed by atoms with Crippen molar-refractivity contribution in [2.75, 3.05) is 7.05 Å². The van der Waals surface area contributed by atoms with Crippen LogP contribution in [0.3, 0.4) is 0 Å². The Morgan fingerprint density at radius 3 is 2.10 bits per heavy atom. The molecule has 0 bridgehead atoms. The van der Waals surface area contributed by atoms with Crippen LogP contribution in [0, 0.1) is 5.92 Å². The first-order valence-electron chi connectivity index (χ1n) is 6.98. The number of hydrogen-bond acceptors (Lipinski definition) is 2. The number of benzene rings is 1. The first kappa shape index (κ1) is 16.1. The normalized spacial score (nSPS) is 25.6. The monoisotopic (exact) mass is 315 g/mol. The van der Waals surface area contributed by atoms with Crippen LogP contribution in [0.25, 0.3) is 0 Å². The van der Waals surface area contributed by atoms with Gasteiger partial charge in [-0.1, -0.05) is 23.2 Å². The van der Waals surface area contributed by atoms with Crippen LogP contribution in [-0.4, -0.2) is 18.2 Å². The Morgan fingerprint density at radius 1 is 1.15 bits per heavy atom. The van der Waals surface area contributed by atoms with Crippen molar-refractivity contribution in [2.45, 2.75) is 51.4 Å². The Hall–Kier alpha value is -0.280. The van der Waals surface area contributed by atoms with E-state index in [1.165, 1.54) is 0 Å². The van der Waals surface area contributed by atoms with E-state index in [0.717, 1.165) is 12.0 Å². The van der Waals surface area contributed by atoms with E-state index in [1.807, 2.05) is 19.2 Å². The fourth-order valence-electron chi connectivity index (χ4n) is 3.48. The lowest BCUT2D eigenvalue weighted by Crippen LogP contribution is -2.37. The summed E-state index contributed by atoms with van der Waals surface area (Å²) in [7, 11) is 1.97. The van der Waals surface area contributed by atoms with Crippen LogP contribution in [0.15, 0.2) is 18.2 Å². The van der Waals surface area contributed by atoms with E-state index in [4.69, 9.17) is 27.9 Å². The molecule has 2 rings (SSSR count). The first-order valence-corrected chi connectivity index (χ1v) is 7.74. The van der Waals surface area contributed by atoms with Crippen LogP contribution >= 0.6 is 23.2 Å². The summed E-state index contributed by atoms with van der Waals surface area (Å²) in [6.45, 7) is 8.60. The summed E-state index contributed by atoms with van der Waals surface area (Å²) in [4.78, 5) is 0. The van der Waals surface area contributed by atoms with E-state index in [2.05, 4.69) is 33.0 Å². The molecule has 2 nitrogen and oxygen atoms in total. The zero-order chi connectivity index (χ0) is 15.1. The van der Waals surface area contributed by atoms with Crippen molar-refractivity contribution in [2.24, 2.45) is 5.92 Å². The van der Waals surface area contributed by atoms with Gasteiger partial charge >= 0.3 is 0 Å². The van der Waals surface area contributed by atoms with Crippen molar-refractivity contribution in [1.82, 2.24) is 5.32 Å². The van der Waals surface area contributed by atoms with Crippen LogP contribution in [0.5, 0.6) is 0 Å². The molecule has 20 heavy (non-hydrogen) atoms. The van der Waals surface area contributed by atoms with Crippen molar-refractivity contribution in [1.29, 1.82) is 0 Å². The number of hydrogen-bond donors (Lipinski definition) is 1. The minimum absolute atomic E-state index is 0.106. The Kier molecular flexibility index (Phi) is 4.42. The van der Waals surface area contributed by atoms with Crippen molar-refractivity contribution in [3.63, 3.8) is 0 Å². The third kappa shape index (κ3) is 3.30. The molecule has 1 heterocycles. The fourth-order valence-corrected chi connectivity index (χ4v) is 4.02. The highest BCUT2D eigenvalue weighted by Crippen LogP contribution is 2.47. The van der Waals surface area contributed by atoms with Gasteiger partial charge in [0.1, 0.15) is 0 Å². The standard InChI is InChI=1S/C16H23Cl2NO/c1-15(2)9-13(16(3,4)20-15)14(19-5)10-6-11(17)8-12(18)7-10/h6-8,13-14,19H,9H2,1-5H3. The van der Waals surface area contributed by atoms with Gasteiger partial charge in [0.15, 0.2) is 0 Å². The lowest BCUT2D eigenvalue weighted by atomic mass is 9.79. The lowest BCUT2D eigenvalue weighted by molar-refractivity contribution is -0.0776. The van der Waals surface area contributed by atoms with Gasteiger partial charge in [0.25, 0.3) is 0 Å². The molecular formula is C16H23Cl2NO. The SMILES string of the molecule is CNC(c1cc(Cl)cc(Cl)c1)C1CC(C)(C)OC1(C)C. The second-order valence-electron chi connectivity index (χ2n) is 6.74. The minimum atomic E-state index is -0.189. The molecule has 0 amide bonds. The minimum Gasteiger partial charge on any atom is -0.369 e. The van der Waals surface area contributed by atoms with Gasteiger partial charge in [-0.05, 0) is 64.9 Å². The van der Waals surface area contributed by atoms with Crippen LogP contribution in [0.2, 0.25) is 10.0 Å². The molecule has 1 aliphatic rings. The average molecular weight is 316 g/mol. The number of rotatable bonds is 3. The number of halogens is 2. The quantitative estimate of drug-likeness (QED) is 0.861. The average Bonchev–Trinajstić information content (AvgIpc) is 2.46. The second-order valence-corrected chi connectivity index (χ2v) is 7.62. The fraction of sp³-hybridized carbons (Fsp3) is 0.625. The van der Waals surface area contributed by atoms with Gasteiger partial charge in [-0.15, -0.1) is 0 Å². The molecule has 0 radical (unpaired) electrons. The molecule has 0 spiro atoms. The zero-order valence-corrected chi connectivity index (χ0v) is 14.3. The summed E-state index contributed by atoms with van der Waals surface area (Å²) in [5.41, 5.74) is 0.821. The van der Waals surface area contributed by atoms with Crippen molar-refractivity contribution < 1.29 is 4.74 Å². The zero-order valence-electron chi connectivity index (χ0n) is 12.8. The molecule has 0 aromatic heterocycles. The third-order valence-corrected chi connectivity index (χ3v) is 4.54. The topological polar surface area (TPSA) is 21.3 Å². The van der Waals surface area contributed by atoms with Gasteiger partial charge < -0.3 is 10.1 Å². The van der Waals surface area contributed by atoms with Crippen LogP contribution in [0.4, 0.5) is 0 Å². The summed E-state index contributed by atoms with van der Waals surface area (Å²) in [5, 5.41) is 4.75. The maximum absolute atomic E-state index is 6.21. The molecule has 2 atom stereocenters. The van der Waals surface area contributed by atoms with E-state index in [-0.39, 0.29) is 17.2 Å². The number of ether oxygens (including phenoxy) is 1. The summed E-state index contributed by atoms with van der Waals surface area (Å²) >= 11 is 12.3. The Bertz CT molecular complexity index is 479. The highest BCUT2D eigenvalue weighted by atomic mass is 35.5. The van der Waals surface area contributed by atoms with Gasteiger partial charge in [0.05, 0.1) is 11.2 Å². The van der Waals surface area contributed by atoms with E-state index in [1.54, 1.807) is 6.07 Å². The molecule has 0 aliphatic carbocycles. The van der Waals surface area contributed by atoms with E-state index >= 15 is 0 Å². The predicted octanol–water partition coefficient (Wildman–Crippen LogP) is 4.85. The van der Waals surface area contributed by atoms with E-state index < -0.39 is 0 Å². The Morgan fingerprint density at radius 2 is 1.70 bits per heavy atom. The van der Waals surface area contributed by atoms with Crippen LogP contribution in [-0.2, 0) is 4.74 Å². The summed E-state index contributed by atoms with van der Waals surface area (Å²) in [5.74, 6) is 0.358. The predicted molar refractivity (Wildman–Crippen MR) is 85.6 cm³/mol. The molecule has 1 saturated heterocycles. The van der Waals surface area contributed by atoms with Crippen molar-refractivity contribution in [3.05, 3.63) is 33.8 Å². The van der Waals surface area contributed by atoms with Crippen molar-refractivity contribution in [3.8, 4) is 0 Å². The molecule has 2 unspecified atom stereocenters. The van der Waals surface area contributed by atoms with Gasteiger partial charge in [0, 0.05) is 22.0 Å². The van der Waals surface area contributed by atoms with Gasteiger partial charge in [0.2, 0.25) is 0 Å². The third-order valence-electron chi connectivity index (χ3n) is 4.10. The van der Waals surface area contributed by atoms with Gasteiger partial charge in [-0.3, -0.25) is 0 Å². The van der Waals surface area contributed by atoms with E-state index in [9.17, 15) is 0 Å². The van der Waals surface area contributed by atoms with Crippen LogP contribution < -0.4 is 5.32 Å². The van der Waals surface area contributed by atoms with Gasteiger partial charge in [-0.2, -0.15) is 0 Å². The Balaban J connectivity index is 2.37. The second kappa shape index (κ2) is 5.49. The largest absolute Gasteiger partial charge is 0.369 e. The highest BCUT2D eigenvalue weighted by molar-refractivity contribution is 6.34. The highest BCUT2D eigenvalue weighted by Gasteiger charge is 2.49. The maximum atomic E-state index is 6.21. The molecule has 4 heteroatoms. The Labute approximate surface area is 131 Å². The number of nitrogens with one attached hydrogen (secondary N) is 1. The molecule has 0 saturated carbocycles. The molecule has 1 N–H and O–H groups in total. The van der Waals surface area contributed by atoms with Gasteiger partial charge in [-0.25, -0.2) is 0 Å². The van der Waals surface area contributed by atoms with Crippen LogP contribution in [0.1, 0.15) is 45.7 Å². The summed E-state index contributed by atoms with van der Waals surface area (Å²) < 4.78 is 6.21. The molecule has 1 fully saturated rings. The van der Waals surface area contributed by atoms with E-state index in [0.29, 0.717) is 16.0 Å². The van der Waals surface area contributed by atoms with Crippen molar-refractivity contribution >= 4 is 23.2 Å². The first-order chi connectivity index (χ1) is 9.14. The molecule has 1 aliphatic heterocycles. The maximum Gasteiger partial charge on any atom is 0.0681 e. The summed E-state index contributed by atoms with van der Waals surface area (Å²) in [6.07, 6.45) is 0.996. The molecule has 1 aromatic rings. The molecule has 1 aromatic carbocycles. The lowest BCUT2D eigenvalue weighted by Gasteiger charge is -2.33.